The highest BCUT2D eigenvalue weighted by Crippen LogP contribution is 2.27. The molecular weight excluding hydrogens is 636 g/mol. The van der Waals surface area contributed by atoms with E-state index in [2.05, 4.69) is 106 Å². The van der Waals surface area contributed by atoms with E-state index in [1.54, 1.807) is 6.07 Å². The number of aryl methyl sites for hydroxylation is 2. The number of nitrogens with one attached hydrogen (secondary N) is 2. The summed E-state index contributed by atoms with van der Waals surface area (Å²) in [5.74, 6) is 5.33. The summed E-state index contributed by atoms with van der Waals surface area (Å²) in [6.45, 7) is 18.9. The first-order chi connectivity index (χ1) is 23.8. The van der Waals surface area contributed by atoms with Crippen LogP contribution in [0.5, 0.6) is 0 Å². The summed E-state index contributed by atoms with van der Waals surface area (Å²) >= 11 is 0. The minimum Gasteiger partial charge on any atom is -0.319 e. The zero-order valence-corrected chi connectivity index (χ0v) is 32.6. The van der Waals surface area contributed by atoms with Gasteiger partial charge in [0.15, 0.2) is 0 Å². The van der Waals surface area contributed by atoms with Gasteiger partial charge in [-0.25, -0.2) is 4.39 Å². The molecule has 3 aromatic rings. The van der Waals surface area contributed by atoms with Crippen molar-refractivity contribution in [3.63, 3.8) is 0 Å². The van der Waals surface area contributed by atoms with E-state index in [1.165, 1.54) is 28.0 Å². The summed E-state index contributed by atoms with van der Waals surface area (Å²) in [6, 6.07) is 21.9. The van der Waals surface area contributed by atoms with E-state index in [0.717, 1.165) is 60.9 Å². The average molecular weight is 697 g/mol. The first-order valence-electron chi connectivity index (χ1n) is 17.7. The first-order valence-corrected chi connectivity index (χ1v) is 19.7. The van der Waals surface area contributed by atoms with Crippen LogP contribution in [-0.4, -0.2) is 50.3 Å². The van der Waals surface area contributed by atoms with Crippen LogP contribution in [0.4, 0.5) is 4.39 Å². The number of benzene rings is 3. The molecule has 0 saturated carbocycles. The second-order valence-corrected chi connectivity index (χ2v) is 16.1. The number of rotatable bonds is 13. The zero-order chi connectivity index (χ0) is 37.1. The van der Waals surface area contributed by atoms with Crippen molar-refractivity contribution >= 4 is 22.6 Å². The van der Waals surface area contributed by atoms with E-state index < -0.39 is 0 Å². The molecule has 5 heteroatoms. The summed E-state index contributed by atoms with van der Waals surface area (Å²) in [4.78, 5) is 10.9. The normalized spacial score (nSPS) is 15.7. The van der Waals surface area contributed by atoms with Gasteiger partial charge < -0.3 is 10.6 Å². The number of aldehydes is 1. The third-order valence-corrected chi connectivity index (χ3v) is 9.37. The van der Waals surface area contributed by atoms with E-state index in [1.807, 2.05) is 62.5 Å². The fourth-order valence-corrected chi connectivity index (χ4v) is 6.08. The molecule has 0 saturated heterocycles. The van der Waals surface area contributed by atoms with Gasteiger partial charge in [-0.3, -0.25) is 4.79 Å². The highest BCUT2D eigenvalue weighted by molar-refractivity contribution is 8.13. The van der Waals surface area contributed by atoms with Gasteiger partial charge in [0, 0.05) is 36.4 Å². The van der Waals surface area contributed by atoms with Crippen molar-refractivity contribution in [3.8, 4) is 11.1 Å². The maximum absolute atomic E-state index is 13.8. The SMILES string of the molecule is C=C/C(=C\C=C\C(Cc1ccc(C=O)cc1)C1C=C(C)CN1)C(C)(C)C.C=S(C)CCNC.CCCc1ccc(-c2cccc(C)c2)cc1F. The van der Waals surface area contributed by atoms with Crippen molar-refractivity contribution in [3.05, 3.63) is 143 Å². The predicted molar refractivity (Wildman–Crippen MR) is 221 cm³/mol. The van der Waals surface area contributed by atoms with Gasteiger partial charge in [0.1, 0.15) is 12.1 Å². The molecule has 1 heterocycles. The van der Waals surface area contributed by atoms with Crippen molar-refractivity contribution in [1.82, 2.24) is 10.6 Å². The molecule has 3 nitrogen and oxygen atoms in total. The molecule has 270 valence electrons. The molecule has 1 aliphatic heterocycles. The molecule has 3 atom stereocenters. The van der Waals surface area contributed by atoms with Gasteiger partial charge in [-0.15, -0.1) is 0 Å². The molecule has 50 heavy (non-hydrogen) atoms. The van der Waals surface area contributed by atoms with E-state index >= 15 is 0 Å². The van der Waals surface area contributed by atoms with Gasteiger partial charge in [-0.1, -0.05) is 149 Å². The summed E-state index contributed by atoms with van der Waals surface area (Å²) < 4.78 is 13.8. The number of carbonyl (C=O) groups is 1. The number of halogens is 1. The molecule has 1 aliphatic rings. The summed E-state index contributed by atoms with van der Waals surface area (Å²) in [5, 5.41) is 6.66. The molecule has 0 radical (unpaired) electrons. The van der Waals surface area contributed by atoms with E-state index in [0.29, 0.717) is 22.4 Å². The van der Waals surface area contributed by atoms with E-state index in [-0.39, 0.29) is 11.2 Å². The quantitative estimate of drug-likeness (QED) is 0.0809. The monoisotopic (exact) mass is 696 g/mol. The van der Waals surface area contributed by atoms with Crippen LogP contribution in [-0.2, 0) is 12.8 Å². The molecular formula is C45H61FN2OS. The second-order valence-electron chi connectivity index (χ2n) is 14.1. The van der Waals surface area contributed by atoms with Crippen LogP contribution in [0, 0.1) is 24.1 Å². The van der Waals surface area contributed by atoms with Gasteiger partial charge >= 0.3 is 0 Å². The molecule has 0 spiro atoms. The van der Waals surface area contributed by atoms with Crippen LogP contribution in [0.15, 0.2) is 115 Å². The van der Waals surface area contributed by atoms with Crippen LogP contribution in [0.2, 0.25) is 0 Å². The van der Waals surface area contributed by atoms with Crippen LogP contribution in [0.1, 0.15) is 68.1 Å². The Morgan fingerprint density at radius 2 is 1.78 bits per heavy atom. The van der Waals surface area contributed by atoms with Crippen LogP contribution < -0.4 is 10.6 Å². The Bertz CT molecular complexity index is 1610. The molecule has 0 aromatic heterocycles. The van der Waals surface area contributed by atoms with E-state index in [9.17, 15) is 9.18 Å². The van der Waals surface area contributed by atoms with E-state index in [4.69, 9.17) is 0 Å². The maximum atomic E-state index is 13.8. The van der Waals surface area contributed by atoms with Crippen LogP contribution in [0.25, 0.3) is 11.1 Å². The summed E-state index contributed by atoms with van der Waals surface area (Å²) in [5.41, 5.74) is 8.71. The lowest BCUT2D eigenvalue weighted by Crippen LogP contribution is -2.31. The highest BCUT2D eigenvalue weighted by Gasteiger charge is 2.21. The lowest BCUT2D eigenvalue weighted by molar-refractivity contribution is 0.112. The largest absolute Gasteiger partial charge is 0.319 e. The Kier molecular flexibility index (Phi) is 18.9. The number of hydrogen-bond donors (Lipinski definition) is 2. The molecule has 4 rings (SSSR count). The van der Waals surface area contributed by atoms with Crippen LogP contribution >= 0.6 is 10.5 Å². The van der Waals surface area contributed by atoms with Crippen molar-refractivity contribution in [2.75, 3.05) is 32.1 Å². The van der Waals surface area contributed by atoms with Gasteiger partial charge in [0.25, 0.3) is 0 Å². The summed E-state index contributed by atoms with van der Waals surface area (Å²) in [7, 11) is 2.34. The molecule has 2 N–H and O–H groups in total. The molecule has 0 fully saturated rings. The molecule has 0 amide bonds. The third-order valence-electron chi connectivity index (χ3n) is 8.47. The predicted octanol–water partition coefficient (Wildman–Crippen LogP) is 10.6. The summed E-state index contributed by atoms with van der Waals surface area (Å²) in [6.07, 6.45) is 16.6. The lowest BCUT2D eigenvalue weighted by Gasteiger charge is -2.21. The molecule has 3 aromatic carbocycles. The van der Waals surface area contributed by atoms with Crippen molar-refractivity contribution in [2.45, 2.75) is 66.8 Å². The Balaban J connectivity index is 0.000000308. The topological polar surface area (TPSA) is 41.1 Å². The average Bonchev–Trinajstić information content (AvgIpc) is 3.52. The fraction of sp³-hybridized carbons (Fsp3) is 0.378. The minimum absolute atomic E-state index is 0.0916. The Hall–Kier alpha value is -3.64. The number of hydrogen-bond acceptors (Lipinski definition) is 3. The van der Waals surface area contributed by atoms with Crippen LogP contribution in [0.3, 0.4) is 0 Å². The lowest BCUT2D eigenvalue weighted by atomic mass is 9.86. The van der Waals surface area contributed by atoms with Crippen molar-refractivity contribution in [2.24, 2.45) is 11.3 Å². The Morgan fingerprint density at radius 3 is 2.28 bits per heavy atom. The number of allylic oxidation sites excluding steroid dienone is 4. The standard InChI is InChI=1S/C24H31NO.C16H17F.C5H13NS/c1-6-22(24(3,4)5)9-7-8-21(23-14-18(2)16-25-23)15-19-10-12-20(17-26)13-11-19;1-3-5-13-8-9-15(11-16(13)17)14-7-4-6-12(2)10-14;1-6-4-5-7(2)3/h6-14,17,21,23,25H,1,15-16H2,2-5H3;4,6-11H,3,5H2,1-2H3;6H,2,4-5H2,1,3H3/b8-7+,22-9+;;. The minimum atomic E-state index is -0.0918. The van der Waals surface area contributed by atoms with Gasteiger partial charge in [0.2, 0.25) is 0 Å². The van der Waals surface area contributed by atoms with Crippen molar-refractivity contribution in [1.29, 1.82) is 0 Å². The fourth-order valence-electron chi connectivity index (χ4n) is 5.52. The molecule has 3 unspecified atom stereocenters. The maximum Gasteiger partial charge on any atom is 0.150 e. The van der Waals surface area contributed by atoms with Gasteiger partial charge in [-0.2, -0.15) is 10.5 Å². The second kappa shape index (κ2) is 22.2. The Labute approximate surface area is 305 Å². The number of carbonyl (C=O) groups excluding carboxylic acids is 1. The smallest absolute Gasteiger partial charge is 0.150 e. The molecule has 0 bridgehead atoms. The first kappa shape index (κ1) is 42.5. The van der Waals surface area contributed by atoms with Gasteiger partial charge in [-0.05, 0) is 79.3 Å². The van der Waals surface area contributed by atoms with Gasteiger partial charge in [0.05, 0.1) is 0 Å². The van der Waals surface area contributed by atoms with Crippen molar-refractivity contribution < 1.29 is 9.18 Å². The molecule has 0 aliphatic carbocycles. The zero-order valence-electron chi connectivity index (χ0n) is 31.8. The third kappa shape index (κ3) is 15.5. The highest BCUT2D eigenvalue weighted by atomic mass is 32.2. The Morgan fingerprint density at radius 1 is 1.08 bits per heavy atom.